The summed E-state index contributed by atoms with van der Waals surface area (Å²) in [5.41, 5.74) is 1.20. The standard InChI is InChI=1S/C12H19NO2/c1-14-9-11-4-7-15-12(11)8-10-2-5-13-6-3-10/h4,7,10,13H,2-3,5-6,8-9H2,1H3. The van der Waals surface area contributed by atoms with Crippen LogP contribution in [-0.2, 0) is 17.8 Å². The number of hydrogen-bond donors (Lipinski definition) is 1. The lowest BCUT2D eigenvalue weighted by Crippen LogP contribution is -2.28. The monoisotopic (exact) mass is 209 g/mol. The van der Waals surface area contributed by atoms with Crippen LogP contribution in [0.1, 0.15) is 24.2 Å². The van der Waals surface area contributed by atoms with Crippen molar-refractivity contribution in [2.75, 3.05) is 20.2 Å². The fraction of sp³-hybridized carbons (Fsp3) is 0.667. The molecule has 2 rings (SSSR count). The third kappa shape index (κ3) is 2.83. The van der Waals surface area contributed by atoms with E-state index in [4.69, 9.17) is 9.15 Å². The van der Waals surface area contributed by atoms with Gasteiger partial charge in [0.15, 0.2) is 0 Å². The predicted molar refractivity (Wildman–Crippen MR) is 58.7 cm³/mol. The second kappa shape index (κ2) is 5.33. The highest BCUT2D eigenvalue weighted by Crippen LogP contribution is 2.21. The summed E-state index contributed by atoms with van der Waals surface area (Å²) < 4.78 is 10.7. The molecule has 0 aromatic carbocycles. The van der Waals surface area contributed by atoms with Gasteiger partial charge >= 0.3 is 0 Å². The van der Waals surface area contributed by atoms with E-state index in [1.165, 1.54) is 18.4 Å². The zero-order valence-corrected chi connectivity index (χ0v) is 9.29. The van der Waals surface area contributed by atoms with E-state index < -0.39 is 0 Å². The molecule has 1 aliphatic rings. The Bertz CT molecular complexity index is 290. The second-order valence-corrected chi connectivity index (χ2v) is 4.20. The van der Waals surface area contributed by atoms with Crippen LogP contribution < -0.4 is 5.32 Å². The molecule has 0 aliphatic carbocycles. The first-order chi connectivity index (χ1) is 7.40. The van der Waals surface area contributed by atoms with Gasteiger partial charge < -0.3 is 14.5 Å². The van der Waals surface area contributed by atoms with Gasteiger partial charge in [-0.15, -0.1) is 0 Å². The van der Waals surface area contributed by atoms with Crippen molar-refractivity contribution in [2.24, 2.45) is 5.92 Å². The number of ether oxygens (including phenoxy) is 1. The Morgan fingerprint density at radius 1 is 1.47 bits per heavy atom. The minimum Gasteiger partial charge on any atom is -0.469 e. The molecule has 3 nitrogen and oxygen atoms in total. The van der Waals surface area contributed by atoms with Gasteiger partial charge in [0.25, 0.3) is 0 Å². The minimum atomic E-state index is 0.663. The van der Waals surface area contributed by atoms with E-state index in [1.54, 1.807) is 13.4 Å². The average Bonchev–Trinajstić information content (AvgIpc) is 2.68. The van der Waals surface area contributed by atoms with Crippen molar-refractivity contribution in [2.45, 2.75) is 25.9 Å². The quantitative estimate of drug-likeness (QED) is 0.823. The van der Waals surface area contributed by atoms with Crippen LogP contribution in [0.15, 0.2) is 16.7 Å². The van der Waals surface area contributed by atoms with Gasteiger partial charge in [-0.05, 0) is 37.9 Å². The normalized spacial score (nSPS) is 18.2. The lowest BCUT2D eigenvalue weighted by atomic mass is 9.92. The van der Waals surface area contributed by atoms with Crippen molar-refractivity contribution in [3.8, 4) is 0 Å². The summed E-state index contributed by atoms with van der Waals surface area (Å²) >= 11 is 0. The van der Waals surface area contributed by atoms with Gasteiger partial charge in [-0.1, -0.05) is 0 Å². The molecule has 1 aliphatic heterocycles. The molecule has 0 unspecified atom stereocenters. The van der Waals surface area contributed by atoms with Crippen LogP contribution in [0, 0.1) is 5.92 Å². The number of piperidine rings is 1. The van der Waals surface area contributed by atoms with E-state index in [0.29, 0.717) is 6.61 Å². The van der Waals surface area contributed by atoms with Crippen molar-refractivity contribution in [1.82, 2.24) is 5.32 Å². The molecule has 0 amide bonds. The molecule has 1 N–H and O–H groups in total. The number of furan rings is 1. The lowest BCUT2D eigenvalue weighted by molar-refractivity contribution is 0.182. The molecule has 1 aromatic heterocycles. The fourth-order valence-corrected chi connectivity index (χ4v) is 2.18. The Morgan fingerprint density at radius 2 is 2.27 bits per heavy atom. The van der Waals surface area contributed by atoms with Gasteiger partial charge in [0.05, 0.1) is 12.9 Å². The van der Waals surface area contributed by atoms with E-state index in [-0.39, 0.29) is 0 Å². The Morgan fingerprint density at radius 3 is 3.00 bits per heavy atom. The fourth-order valence-electron chi connectivity index (χ4n) is 2.18. The van der Waals surface area contributed by atoms with E-state index in [0.717, 1.165) is 31.2 Å². The number of methoxy groups -OCH3 is 1. The van der Waals surface area contributed by atoms with Gasteiger partial charge in [0.1, 0.15) is 5.76 Å². The first-order valence-electron chi connectivity index (χ1n) is 5.65. The van der Waals surface area contributed by atoms with Crippen molar-refractivity contribution >= 4 is 0 Å². The van der Waals surface area contributed by atoms with Crippen molar-refractivity contribution in [3.63, 3.8) is 0 Å². The maximum absolute atomic E-state index is 5.52. The highest BCUT2D eigenvalue weighted by atomic mass is 16.5. The van der Waals surface area contributed by atoms with Crippen LogP contribution >= 0.6 is 0 Å². The molecular weight excluding hydrogens is 190 g/mol. The Kier molecular flexibility index (Phi) is 3.80. The van der Waals surface area contributed by atoms with Crippen LogP contribution in [0.4, 0.5) is 0 Å². The summed E-state index contributed by atoms with van der Waals surface area (Å²) in [6.45, 7) is 2.95. The topological polar surface area (TPSA) is 34.4 Å². The van der Waals surface area contributed by atoms with Crippen LogP contribution in [-0.4, -0.2) is 20.2 Å². The van der Waals surface area contributed by atoms with E-state index in [2.05, 4.69) is 5.32 Å². The van der Waals surface area contributed by atoms with E-state index in [9.17, 15) is 0 Å². The molecule has 1 saturated heterocycles. The van der Waals surface area contributed by atoms with E-state index >= 15 is 0 Å². The van der Waals surface area contributed by atoms with Gasteiger partial charge in [-0.3, -0.25) is 0 Å². The molecule has 0 spiro atoms. The van der Waals surface area contributed by atoms with Gasteiger partial charge in [0, 0.05) is 19.1 Å². The number of rotatable bonds is 4. The zero-order valence-electron chi connectivity index (χ0n) is 9.29. The molecule has 0 radical (unpaired) electrons. The van der Waals surface area contributed by atoms with Gasteiger partial charge in [0.2, 0.25) is 0 Å². The molecule has 84 valence electrons. The molecular formula is C12H19NO2. The van der Waals surface area contributed by atoms with E-state index in [1.807, 2.05) is 6.07 Å². The van der Waals surface area contributed by atoms with Crippen LogP contribution in [0.5, 0.6) is 0 Å². The maximum atomic E-state index is 5.52. The SMILES string of the molecule is COCc1ccoc1CC1CCNCC1. The lowest BCUT2D eigenvalue weighted by Gasteiger charge is -2.21. The summed E-state index contributed by atoms with van der Waals surface area (Å²) in [6.07, 6.45) is 5.35. The first-order valence-corrected chi connectivity index (χ1v) is 5.65. The van der Waals surface area contributed by atoms with Gasteiger partial charge in [-0.25, -0.2) is 0 Å². The summed E-state index contributed by atoms with van der Waals surface area (Å²) in [4.78, 5) is 0. The maximum Gasteiger partial charge on any atom is 0.109 e. The minimum absolute atomic E-state index is 0.663. The smallest absolute Gasteiger partial charge is 0.109 e. The van der Waals surface area contributed by atoms with Crippen LogP contribution in [0.25, 0.3) is 0 Å². The third-order valence-corrected chi connectivity index (χ3v) is 3.07. The summed E-state index contributed by atoms with van der Waals surface area (Å²) in [6, 6.07) is 2.01. The predicted octanol–water partition coefficient (Wildman–Crippen LogP) is 1.97. The molecule has 0 saturated carbocycles. The van der Waals surface area contributed by atoms with Crippen LogP contribution in [0.2, 0.25) is 0 Å². The van der Waals surface area contributed by atoms with Crippen LogP contribution in [0.3, 0.4) is 0 Å². The zero-order chi connectivity index (χ0) is 10.5. The number of nitrogens with one attached hydrogen (secondary N) is 1. The van der Waals surface area contributed by atoms with Crippen molar-refractivity contribution < 1.29 is 9.15 Å². The Labute approximate surface area is 90.8 Å². The summed E-state index contributed by atoms with van der Waals surface area (Å²) in [5.74, 6) is 1.89. The Hall–Kier alpha value is -0.800. The largest absolute Gasteiger partial charge is 0.469 e. The second-order valence-electron chi connectivity index (χ2n) is 4.20. The molecule has 1 fully saturated rings. The van der Waals surface area contributed by atoms with Gasteiger partial charge in [-0.2, -0.15) is 0 Å². The third-order valence-electron chi connectivity index (χ3n) is 3.07. The molecule has 15 heavy (non-hydrogen) atoms. The van der Waals surface area contributed by atoms with Crippen molar-refractivity contribution in [3.05, 3.63) is 23.7 Å². The summed E-state index contributed by atoms with van der Waals surface area (Å²) in [7, 11) is 1.72. The molecule has 2 heterocycles. The van der Waals surface area contributed by atoms with Crippen molar-refractivity contribution in [1.29, 1.82) is 0 Å². The highest BCUT2D eigenvalue weighted by Gasteiger charge is 2.17. The molecule has 0 atom stereocenters. The summed E-state index contributed by atoms with van der Waals surface area (Å²) in [5, 5.41) is 3.38. The molecule has 1 aromatic rings. The number of hydrogen-bond acceptors (Lipinski definition) is 3. The Balaban J connectivity index is 1.93. The highest BCUT2D eigenvalue weighted by molar-refractivity contribution is 5.16. The average molecular weight is 209 g/mol. The molecule has 0 bridgehead atoms. The molecule has 3 heteroatoms. The first kappa shape index (κ1) is 10.7.